The molecule has 4 heteroatoms. The lowest BCUT2D eigenvalue weighted by atomic mass is 10.0. The molecule has 0 spiro atoms. The Bertz CT molecular complexity index is 290. The van der Waals surface area contributed by atoms with E-state index in [2.05, 4.69) is 6.92 Å². The summed E-state index contributed by atoms with van der Waals surface area (Å²) in [7, 11) is 6.08. The molecule has 0 rings (SSSR count). The van der Waals surface area contributed by atoms with Crippen molar-refractivity contribution in [2.75, 3.05) is 27.9 Å². The molecule has 0 unspecified atom stereocenters. The monoisotopic (exact) mass is 377 g/mol. The Morgan fingerprint density at radius 1 is 0.680 bits per heavy atom. The average Bonchev–Trinajstić information content (AvgIpc) is 2.52. The fourth-order valence-corrected chi connectivity index (χ4v) is 2.80. The van der Waals surface area contributed by atoms with Crippen molar-refractivity contribution in [2.24, 2.45) is 0 Å². The van der Waals surface area contributed by atoms with Gasteiger partial charge < -0.3 is 17.1 Å². The third-order valence-corrected chi connectivity index (χ3v) is 4.35. The highest BCUT2D eigenvalue weighted by Gasteiger charge is 2.10. The molecule has 152 valence electrons. The van der Waals surface area contributed by atoms with E-state index in [-0.39, 0.29) is 18.4 Å². The lowest BCUT2D eigenvalue weighted by Crippen LogP contribution is -3.00. The van der Waals surface area contributed by atoms with Gasteiger partial charge in [0.15, 0.2) is 0 Å². The van der Waals surface area contributed by atoms with Gasteiger partial charge in [-0.05, 0) is 6.42 Å². The highest BCUT2D eigenvalue weighted by molar-refractivity contribution is 5.69. The summed E-state index contributed by atoms with van der Waals surface area (Å²) < 4.78 is 5.92. The predicted molar refractivity (Wildman–Crippen MR) is 104 cm³/mol. The van der Waals surface area contributed by atoms with Gasteiger partial charge >= 0.3 is 5.97 Å². The van der Waals surface area contributed by atoms with Gasteiger partial charge in [-0.2, -0.15) is 0 Å². The van der Waals surface area contributed by atoms with Crippen molar-refractivity contribution in [1.29, 1.82) is 0 Å². The highest BCUT2D eigenvalue weighted by atomic mass is 35.5. The molecular formula is C21H44ClNO2. The van der Waals surface area contributed by atoms with Crippen LogP contribution in [0.5, 0.6) is 0 Å². The first-order valence-corrected chi connectivity index (χ1v) is 10.4. The van der Waals surface area contributed by atoms with Crippen molar-refractivity contribution in [3.05, 3.63) is 0 Å². The number of unbranched alkanes of at least 4 members (excludes halogenated alkanes) is 13. The van der Waals surface area contributed by atoms with E-state index in [4.69, 9.17) is 4.74 Å². The first-order valence-electron chi connectivity index (χ1n) is 10.4. The van der Waals surface area contributed by atoms with Crippen molar-refractivity contribution >= 4 is 5.97 Å². The minimum atomic E-state index is -0.0398. The summed E-state index contributed by atoms with van der Waals surface area (Å²) in [6, 6.07) is 0. The second-order valence-electron chi connectivity index (χ2n) is 8.28. The summed E-state index contributed by atoms with van der Waals surface area (Å²) in [5.74, 6) is -0.0398. The van der Waals surface area contributed by atoms with E-state index < -0.39 is 0 Å². The van der Waals surface area contributed by atoms with E-state index in [1.165, 1.54) is 77.0 Å². The zero-order valence-electron chi connectivity index (χ0n) is 17.5. The van der Waals surface area contributed by atoms with Gasteiger partial charge in [0.25, 0.3) is 0 Å². The van der Waals surface area contributed by atoms with Crippen LogP contribution in [0.3, 0.4) is 0 Å². The Kier molecular flexibility index (Phi) is 19.9. The standard InChI is InChI=1S/C21H44NO2.ClH/c1-5-6-7-8-9-10-11-12-13-14-15-16-17-18-19-21(23)24-20-22(2,3)4;/h5-20H2,1-4H3;1H/q+1;/p-1. The van der Waals surface area contributed by atoms with Gasteiger partial charge in [0.05, 0.1) is 21.1 Å². The number of esters is 1. The third kappa shape index (κ3) is 23.7. The quantitative estimate of drug-likeness (QED) is 0.168. The van der Waals surface area contributed by atoms with Crippen LogP contribution in [0.15, 0.2) is 0 Å². The SMILES string of the molecule is CCCCCCCCCCCCCCCCC(=O)OC[N+](C)(C)C.[Cl-]. The number of rotatable bonds is 17. The van der Waals surface area contributed by atoms with E-state index in [9.17, 15) is 4.79 Å². The maximum absolute atomic E-state index is 11.6. The van der Waals surface area contributed by atoms with Crippen LogP contribution >= 0.6 is 0 Å². The summed E-state index contributed by atoms with van der Waals surface area (Å²) in [6.45, 7) is 2.75. The summed E-state index contributed by atoms with van der Waals surface area (Å²) in [4.78, 5) is 11.6. The van der Waals surface area contributed by atoms with Crippen LogP contribution in [0.2, 0.25) is 0 Å². The fraction of sp³-hybridized carbons (Fsp3) is 0.952. The number of ether oxygens (including phenoxy) is 1. The molecule has 0 aromatic rings. The van der Waals surface area contributed by atoms with Gasteiger partial charge in [-0.3, -0.25) is 9.28 Å². The van der Waals surface area contributed by atoms with Crippen LogP contribution in [0.1, 0.15) is 103 Å². The van der Waals surface area contributed by atoms with Crippen LogP contribution in [0.4, 0.5) is 0 Å². The first kappa shape index (κ1) is 26.9. The zero-order valence-corrected chi connectivity index (χ0v) is 18.2. The van der Waals surface area contributed by atoms with Gasteiger partial charge in [0.1, 0.15) is 0 Å². The summed E-state index contributed by atoms with van der Waals surface area (Å²) in [5.41, 5.74) is 0. The Labute approximate surface area is 163 Å². The van der Waals surface area contributed by atoms with Gasteiger partial charge in [0.2, 0.25) is 6.73 Å². The van der Waals surface area contributed by atoms with Gasteiger partial charge in [0, 0.05) is 6.42 Å². The lowest BCUT2D eigenvalue weighted by Gasteiger charge is -2.22. The number of quaternary nitrogens is 1. The maximum atomic E-state index is 11.6. The number of nitrogens with zero attached hydrogens (tertiary/aromatic N) is 1. The molecule has 0 heterocycles. The van der Waals surface area contributed by atoms with Gasteiger partial charge in [-0.1, -0.05) is 90.4 Å². The number of hydrogen-bond donors (Lipinski definition) is 0. The molecular weight excluding hydrogens is 334 g/mol. The average molecular weight is 378 g/mol. The Morgan fingerprint density at radius 3 is 1.40 bits per heavy atom. The Hall–Kier alpha value is -0.280. The molecule has 0 saturated carbocycles. The third-order valence-electron chi connectivity index (χ3n) is 4.35. The number of carbonyl (C=O) groups is 1. The molecule has 0 aromatic heterocycles. The second kappa shape index (κ2) is 18.5. The van der Waals surface area contributed by atoms with E-state index in [0.29, 0.717) is 17.6 Å². The molecule has 0 amide bonds. The normalized spacial score (nSPS) is 11.2. The van der Waals surface area contributed by atoms with E-state index in [1.807, 2.05) is 21.1 Å². The molecule has 0 bridgehead atoms. The molecule has 3 nitrogen and oxygen atoms in total. The zero-order chi connectivity index (χ0) is 18.1. The molecule has 0 fully saturated rings. The van der Waals surface area contributed by atoms with Crippen molar-refractivity contribution in [3.63, 3.8) is 0 Å². The molecule has 0 N–H and O–H groups in total. The van der Waals surface area contributed by atoms with Gasteiger partial charge in [-0.25, -0.2) is 0 Å². The predicted octanol–water partition coefficient (Wildman–Crippen LogP) is 3.07. The summed E-state index contributed by atoms with van der Waals surface area (Å²) in [5, 5.41) is 0. The van der Waals surface area contributed by atoms with Crippen LogP contribution < -0.4 is 12.4 Å². The summed E-state index contributed by atoms with van der Waals surface area (Å²) in [6.07, 6.45) is 19.4. The van der Waals surface area contributed by atoms with Crippen molar-refractivity contribution in [1.82, 2.24) is 0 Å². The van der Waals surface area contributed by atoms with Crippen LogP contribution in [0, 0.1) is 0 Å². The van der Waals surface area contributed by atoms with Crippen molar-refractivity contribution in [2.45, 2.75) is 103 Å². The molecule has 25 heavy (non-hydrogen) atoms. The molecule has 0 aromatic carbocycles. The van der Waals surface area contributed by atoms with E-state index in [1.54, 1.807) is 0 Å². The lowest BCUT2D eigenvalue weighted by molar-refractivity contribution is -0.888. The molecule has 0 aliphatic heterocycles. The smallest absolute Gasteiger partial charge is 0.310 e. The molecule has 0 radical (unpaired) electrons. The number of hydrogen-bond acceptors (Lipinski definition) is 2. The topological polar surface area (TPSA) is 26.3 Å². The largest absolute Gasteiger partial charge is 1.00 e. The van der Waals surface area contributed by atoms with E-state index >= 15 is 0 Å². The van der Waals surface area contributed by atoms with Crippen molar-refractivity contribution in [3.8, 4) is 0 Å². The van der Waals surface area contributed by atoms with Crippen molar-refractivity contribution < 1.29 is 26.4 Å². The molecule has 0 saturated heterocycles. The Morgan fingerprint density at radius 2 is 1.04 bits per heavy atom. The number of carbonyl (C=O) groups excluding carboxylic acids is 1. The minimum absolute atomic E-state index is 0. The first-order chi connectivity index (χ1) is 11.5. The highest BCUT2D eigenvalue weighted by Crippen LogP contribution is 2.13. The van der Waals surface area contributed by atoms with Crippen LogP contribution in [0.25, 0.3) is 0 Å². The Balaban J connectivity index is 0. The fourth-order valence-electron chi connectivity index (χ4n) is 2.80. The number of halogens is 1. The second-order valence-corrected chi connectivity index (χ2v) is 8.28. The molecule has 0 aliphatic rings. The molecule has 0 aliphatic carbocycles. The minimum Gasteiger partial charge on any atom is -1.00 e. The van der Waals surface area contributed by atoms with Gasteiger partial charge in [-0.15, -0.1) is 0 Å². The molecule has 0 atom stereocenters. The summed E-state index contributed by atoms with van der Waals surface area (Å²) >= 11 is 0. The maximum Gasteiger partial charge on any atom is 0.310 e. The van der Waals surface area contributed by atoms with Crippen LogP contribution in [-0.2, 0) is 9.53 Å². The van der Waals surface area contributed by atoms with Crippen LogP contribution in [-0.4, -0.2) is 38.3 Å². The van der Waals surface area contributed by atoms with E-state index in [0.717, 1.165) is 12.8 Å².